The van der Waals surface area contributed by atoms with Crippen molar-refractivity contribution in [3.8, 4) is 22.8 Å². The quantitative estimate of drug-likeness (QED) is 0.368. The molecule has 1 atom stereocenters. The number of methoxy groups -OCH3 is 1. The first-order chi connectivity index (χ1) is 14.3. The number of benzene rings is 1. The minimum absolute atomic E-state index is 0.0321. The molecule has 0 radical (unpaired) electrons. The molecule has 0 spiro atoms. The number of hydrogen-bond donors (Lipinski definition) is 0. The second-order valence-corrected chi connectivity index (χ2v) is 7.00. The molecule has 1 aromatic carbocycles. The molecule has 9 nitrogen and oxygen atoms in total. The average Bonchev–Trinajstić information content (AvgIpc) is 3.20. The number of aryl methyl sites for hydroxylation is 1. The van der Waals surface area contributed by atoms with Gasteiger partial charge in [-0.15, -0.1) is 0 Å². The summed E-state index contributed by atoms with van der Waals surface area (Å²) in [4.78, 5) is 35.5. The Morgan fingerprint density at radius 2 is 1.97 bits per heavy atom. The van der Waals surface area contributed by atoms with E-state index >= 15 is 0 Å². The van der Waals surface area contributed by atoms with Gasteiger partial charge < -0.3 is 18.5 Å². The fraction of sp³-hybridized carbons (Fsp3) is 0.238. The molecule has 1 aliphatic rings. The van der Waals surface area contributed by atoms with Crippen LogP contribution in [-0.4, -0.2) is 22.6 Å². The maximum atomic E-state index is 12.8. The van der Waals surface area contributed by atoms with Crippen LogP contribution in [0.1, 0.15) is 29.4 Å². The summed E-state index contributed by atoms with van der Waals surface area (Å²) in [6, 6.07) is 9.21. The molecule has 2 aromatic heterocycles. The summed E-state index contributed by atoms with van der Waals surface area (Å²) in [5.74, 6) is 0.289. The molecule has 3 heterocycles. The van der Waals surface area contributed by atoms with Gasteiger partial charge in [-0.2, -0.15) is 0 Å². The first kappa shape index (κ1) is 19.4. The number of aromatic nitrogens is 1. The van der Waals surface area contributed by atoms with Crippen LogP contribution >= 0.6 is 0 Å². The lowest BCUT2D eigenvalue weighted by atomic mass is 9.91. The number of pyridine rings is 1. The third-order valence-corrected chi connectivity index (χ3v) is 5.24. The molecule has 3 aromatic rings. The number of esters is 1. The van der Waals surface area contributed by atoms with Gasteiger partial charge in [0.1, 0.15) is 23.0 Å². The second-order valence-electron chi connectivity index (χ2n) is 7.00. The lowest BCUT2D eigenvalue weighted by Crippen LogP contribution is -2.31. The van der Waals surface area contributed by atoms with Gasteiger partial charge in [-0.3, -0.25) is 19.7 Å². The van der Waals surface area contributed by atoms with Gasteiger partial charge in [-0.1, -0.05) is 0 Å². The monoisotopic (exact) mass is 410 g/mol. The Balaban J connectivity index is 1.80. The minimum Gasteiger partial charge on any atom is -0.496 e. The van der Waals surface area contributed by atoms with Crippen LogP contribution in [0.5, 0.6) is 11.5 Å². The third-order valence-electron chi connectivity index (χ3n) is 5.24. The minimum atomic E-state index is -0.599. The van der Waals surface area contributed by atoms with Crippen LogP contribution in [-0.2, 0) is 11.8 Å². The number of nitro benzene ring substituents is 1. The van der Waals surface area contributed by atoms with Crippen LogP contribution in [0.15, 0.2) is 45.6 Å². The standard InChI is InChI=1S/C21H18N2O7/c1-11-8-18-20(21(25)22(11)2)14(10-19(24)30-18)16-7-6-15(29-16)13-5-4-12(23(26)27)9-17(13)28-3/h4-9,14H,10H2,1-3H3. The lowest BCUT2D eigenvalue weighted by Gasteiger charge is -2.23. The van der Waals surface area contributed by atoms with Gasteiger partial charge in [-0.05, 0) is 25.1 Å². The Labute approximate surface area is 170 Å². The molecule has 4 rings (SSSR count). The largest absolute Gasteiger partial charge is 0.496 e. The lowest BCUT2D eigenvalue weighted by molar-refractivity contribution is -0.384. The zero-order chi connectivity index (χ0) is 21.6. The van der Waals surface area contributed by atoms with Crippen molar-refractivity contribution < 1.29 is 23.6 Å². The van der Waals surface area contributed by atoms with E-state index in [0.29, 0.717) is 28.3 Å². The normalized spacial score (nSPS) is 15.4. The van der Waals surface area contributed by atoms with E-state index in [-0.39, 0.29) is 29.2 Å². The van der Waals surface area contributed by atoms with Crippen molar-refractivity contribution in [2.75, 3.05) is 7.11 Å². The van der Waals surface area contributed by atoms with E-state index in [2.05, 4.69) is 0 Å². The molecular weight excluding hydrogens is 392 g/mol. The highest BCUT2D eigenvalue weighted by atomic mass is 16.6. The Hall–Kier alpha value is -3.88. The Kier molecular flexibility index (Phi) is 4.65. The van der Waals surface area contributed by atoms with E-state index in [1.807, 2.05) is 0 Å². The number of rotatable bonds is 4. The van der Waals surface area contributed by atoms with Crippen LogP contribution < -0.4 is 15.0 Å². The predicted molar refractivity (Wildman–Crippen MR) is 106 cm³/mol. The molecule has 1 unspecified atom stereocenters. The fourth-order valence-electron chi connectivity index (χ4n) is 3.57. The smallest absolute Gasteiger partial charge is 0.312 e. The molecular formula is C21H18N2O7. The van der Waals surface area contributed by atoms with Crippen LogP contribution in [0.4, 0.5) is 5.69 Å². The number of carbonyl (C=O) groups excluding carboxylic acids is 1. The Morgan fingerprint density at radius 1 is 1.20 bits per heavy atom. The first-order valence-corrected chi connectivity index (χ1v) is 9.14. The van der Waals surface area contributed by atoms with Gasteiger partial charge in [0.2, 0.25) is 0 Å². The number of non-ortho nitro benzene ring substituents is 1. The number of nitro groups is 1. The zero-order valence-corrected chi connectivity index (χ0v) is 16.5. The summed E-state index contributed by atoms with van der Waals surface area (Å²) in [6.07, 6.45) is -0.0321. The Bertz CT molecular complexity index is 1240. The van der Waals surface area contributed by atoms with Gasteiger partial charge in [0.05, 0.1) is 41.6 Å². The molecule has 9 heteroatoms. The summed E-state index contributed by atoms with van der Waals surface area (Å²) in [7, 11) is 3.06. The third kappa shape index (κ3) is 3.14. The fourth-order valence-corrected chi connectivity index (χ4v) is 3.57. The highest BCUT2D eigenvalue weighted by molar-refractivity contribution is 5.77. The molecule has 0 amide bonds. The van der Waals surface area contributed by atoms with Crippen LogP contribution in [0.3, 0.4) is 0 Å². The first-order valence-electron chi connectivity index (χ1n) is 9.14. The van der Waals surface area contributed by atoms with Crippen molar-refractivity contribution in [2.45, 2.75) is 19.3 Å². The average molecular weight is 410 g/mol. The van der Waals surface area contributed by atoms with Gasteiger partial charge >= 0.3 is 5.97 Å². The molecule has 0 aliphatic carbocycles. The van der Waals surface area contributed by atoms with Gasteiger partial charge in [0.25, 0.3) is 11.2 Å². The van der Waals surface area contributed by atoms with E-state index < -0.39 is 16.8 Å². The van der Waals surface area contributed by atoms with Crippen LogP contribution in [0, 0.1) is 17.0 Å². The highest BCUT2D eigenvalue weighted by Gasteiger charge is 2.34. The molecule has 30 heavy (non-hydrogen) atoms. The van der Waals surface area contributed by atoms with Crippen molar-refractivity contribution in [2.24, 2.45) is 7.05 Å². The number of furan rings is 1. The summed E-state index contributed by atoms with van der Waals surface area (Å²) >= 11 is 0. The molecule has 0 saturated heterocycles. The van der Waals surface area contributed by atoms with Crippen LogP contribution in [0.25, 0.3) is 11.3 Å². The van der Waals surface area contributed by atoms with Crippen molar-refractivity contribution in [1.29, 1.82) is 0 Å². The number of hydrogen-bond acceptors (Lipinski definition) is 7. The molecule has 0 fully saturated rings. The van der Waals surface area contributed by atoms with Crippen molar-refractivity contribution in [1.82, 2.24) is 4.57 Å². The van der Waals surface area contributed by atoms with Crippen LogP contribution in [0.2, 0.25) is 0 Å². The Morgan fingerprint density at radius 3 is 2.67 bits per heavy atom. The SMILES string of the molecule is COc1cc([N+](=O)[O-])ccc1-c1ccc(C2CC(=O)Oc3cc(C)n(C)c(=O)c32)o1. The molecule has 0 saturated carbocycles. The zero-order valence-electron chi connectivity index (χ0n) is 16.5. The highest BCUT2D eigenvalue weighted by Crippen LogP contribution is 2.40. The van der Waals surface area contributed by atoms with Crippen molar-refractivity contribution >= 4 is 11.7 Å². The van der Waals surface area contributed by atoms with E-state index in [1.54, 1.807) is 32.2 Å². The number of carbonyl (C=O) groups is 1. The van der Waals surface area contributed by atoms with Crippen molar-refractivity contribution in [3.05, 3.63) is 73.9 Å². The second kappa shape index (κ2) is 7.18. The summed E-state index contributed by atoms with van der Waals surface area (Å²) in [6.45, 7) is 1.75. The predicted octanol–water partition coefficient (Wildman–Crippen LogP) is 3.31. The maximum absolute atomic E-state index is 12.8. The number of nitrogens with zero attached hydrogens (tertiary/aromatic N) is 2. The summed E-state index contributed by atoms with van der Waals surface area (Å²) in [5.41, 5.74) is 1.19. The van der Waals surface area contributed by atoms with E-state index in [9.17, 15) is 19.7 Å². The van der Waals surface area contributed by atoms with E-state index in [0.717, 1.165) is 0 Å². The molecule has 154 valence electrons. The van der Waals surface area contributed by atoms with Crippen molar-refractivity contribution in [3.63, 3.8) is 0 Å². The molecule has 1 aliphatic heterocycles. The van der Waals surface area contributed by atoms with E-state index in [1.165, 1.54) is 29.9 Å². The van der Waals surface area contributed by atoms with E-state index in [4.69, 9.17) is 13.9 Å². The molecule has 0 bridgehead atoms. The molecule has 0 N–H and O–H groups in total. The number of fused-ring (bicyclic) bond motifs is 1. The van der Waals surface area contributed by atoms with Gasteiger partial charge in [0, 0.05) is 24.9 Å². The topological polar surface area (TPSA) is 114 Å². The maximum Gasteiger partial charge on any atom is 0.312 e. The summed E-state index contributed by atoms with van der Waals surface area (Å²) < 4.78 is 18.0. The number of ether oxygens (including phenoxy) is 2. The van der Waals surface area contributed by atoms with Gasteiger partial charge in [0.15, 0.2) is 0 Å². The summed E-state index contributed by atoms with van der Waals surface area (Å²) in [5, 5.41) is 11.0. The van der Waals surface area contributed by atoms with Gasteiger partial charge in [-0.25, -0.2) is 0 Å².